The van der Waals surface area contributed by atoms with Gasteiger partial charge in [-0.3, -0.25) is 4.90 Å². The van der Waals surface area contributed by atoms with Gasteiger partial charge in [0.05, 0.1) is 0 Å². The van der Waals surface area contributed by atoms with E-state index in [1.165, 1.54) is 51.6 Å². The average Bonchev–Trinajstić information content (AvgIpc) is 2.82. The van der Waals surface area contributed by atoms with Crippen LogP contribution in [0.15, 0.2) is 0 Å². The highest BCUT2D eigenvalue weighted by atomic mass is 15.2. The van der Waals surface area contributed by atoms with Gasteiger partial charge in [0.15, 0.2) is 0 Å². The van der Waals surface area contributed by atoms with E-state index < -0.39 is 0 Å². The van der Waals surface area contributed by atoms with Crippen molar-refractivity contribution in [2.45, 2.75) is 78.7 Å². The van der Waals surface area contributed by atoms with Gasteiger partial charge in [-0.15, -0.1) is 0 Å². The molecule has 1 aliphatic rings. The molecule has 0 bridgehead atoms. The lowest BCUT2D eigenvalue weighted by Crippen LogP contribution is -2.57. The third-order valence-electron chi connectivity index (χ3n) is 5.35. The van der Waals surface area contributed by atoms with E-state index in [9.17, 15) is 0 Å². The van der Waals surface area contributed by atoms with Crippen molar-refractivity contribution in [1.29, 1.82) is 0 Å². The highest BCUT2D eigenvalue weighted by molar-refractivity contribution is 5.01. The van der Waals surface area contributed by atoms with Crippen LogP contribution in [0.2, 0.25) is 0 Å². The fourth-order valence-electron chi connectivity index (χ4n) is 3.91. The van der Waals surface area contributed by atoms with E-state index in [0.717, 1.165) is 24.3 Å². The Morgan fingerprint density at radius 3 is 2.05 bits per heavy atom. The van der Waals surface area contributed by atoms with Crippen molar-refractivity contribution in [2.75, 3.05) is 19.6 Å². The summed E-state index contributed by atoms with van der Waals surface area (Å²) < 4.78 is 0. The van der Waals surface area contributed by atoms with Gasteiger partial charge in [0.1, 0.15) is 0 Å². The molecule has 0 aromatic carbocycles. The fraction of sp³-hybridized carbons (Fsp3) is 1.00. The Hall–Kier alpha value is -0.0800. The van der Waals surface area contributed by atoms with Gasteiger partial charge in [0.25, 0.3) is 0 Å². The van der Waals surface area contributed by atoms with Crippen LogP contribution in [0.5, 0.6) is 0 Å². The summed E-state index contributed by atoms with van der Waals surface area (Å²) in [5.41, 5.74) is 6.61. The standard InChI is InChI=1S/C18H38N2/c1-6-17-8-7-11-18(17,14-19)20(12-9-15(2)3)13-10-16(4)5/h15-17H,6-14,19H2,1-5H3. The van der Waals surface area contributed by atoms with Crippen LogP contribution in [0.3, 0.4) is 0 Å². The monoisotopic (exact) mass is 282 g/mol. The predicted octanol–water partition coefficient (Wildman–Crippen LogP) is 4.29. The minimum Gasteiger partial charge on any atom is -0.329 e. The molecule has 0 aliphatic heterocycles. The van der Waals surface area contributed by atoms with Crippen LogP contribution in [0.1, 0.15) is 73.1 Å². The smallest absolute Gasteiger partial charge is 0.0359 e. The van der Waals surface area contributed by atoms with E-state index in [2.05, 4.69) is 39.5 Å². The summed E-state index contributed by atoms with van der Waals surface area (Å²) in [6.45, 7) is 15.0. The van der Waals surface area contributed by atoms with Crippen molar-refractivity contribution in [3.63, 3.8) is 0 Å². The Morgan fingerprint density at radius 1 is 1.10 bits per heavy atom. The van der Waals surface area contributed by atoms with Crippen molar-refractivity contribution < 1.29 is 0 Å². The fourth-order valence-corrected chi connectivity index (χ4v) is 3.91. The SMILES string of the molecule is CCC1CCCC1(CN)N(CCC(C)C)CCC(C)C. The Labute approximate surface area is 127 Å². The van der Waals surface area contributed by atoms with Crippen LogP contribution in [0, 0.1) is 17.8 Å². The van der Waals surface area contributed by atoms with Gasteiger partial charge < -0.3 is 5.73 Å². The first-order valence-electron chi connectivity index (χ1n) is 8.91. The molecule has 0 aromatic heterocycles. The summed E-state index contributed by atoms with van der Waals surface area (Å²) in [5, 5.41) is 0. The second-order valence-corrected chi connectivity index (χ2v) is 7.66. The van der Waals surface area contributed by atoms with Crippen LogP contribution in [-0.4, -0.2) is 30.1 Å². The van der Waals surface area contributed by atoms with E-state index in [1.54, 1.807) is 0 Å². The average molecular weight is 283 g/mol. The molecule has 0 saturated heterocycles. The molecular weight excluding hydrogens is 244 g/mol. The molecule has 1 fully saturated rings. The molecule has 1 rings (SSSR count). The molecule has 0 aromatic rings. The molecule has 1 aliphatic carbocycles. The van der Waals surface area contributed by atoms with Gasteiger partial charge >= 0.3 is 0 Å². The summed E-state index contributed by atoms with van der Waals surface area (Å²) >= 11 is 0. The molecule has 2 unspecified atom stereocenters. The lowest BCUT2D eigenvalue weighted by Gasteiger charge is -2.45. The molecule has 2 nitrogen and oxygen atoms in total. The van der Waals surface area contributed by atoms with Crippen molar-refractivity contribution in [3.05, 3.63) is 0 Å². The molecule has 2 N–H and O–H groups in total. The molecule has 120 valence electrons. The maximum absolute atomic E-state index is 6.31. The Morgan fingerprint density at radius 2 is 1.65 bits per heavy atom. The van der Waals surface area contributed by atoms with Crippen molar-refractivity contribution in [2.24, 2.45) is 23.5 Å². The van der Waals surface area contributed by atoms with Gasteiger partial charge in [0.2, 0.25) is 0 Å². The van der Waals surface area contributed by atoms with Gasteiger partial charge in [-0.1, -0.05) is 47.5 Å². The quantitative estimate of drug-likeness (QED) is 0.683. The molecule has 0 heterocycles. The largest absolute Gasteiger partial charge is 0.329 e. The van der Waals surface area contributed by atoms with Crippen LogP contribution in [-0.2, 0) is 0 Å². The molecular formula is C18H38N2. The summed E-state index contributed by atoms with van der Waals surface area (Å²) in [5.74, 6) is 2.38. The molecule has 2 heteroatoms. The zero-order valence-electron chi connectivity index (χ0n) is 14.6. The summed E-state index contributed by atoms with van der Waals surface area (Å²) in [6, 6.07) is 0. The number of rotatable bonds is 9. The van der Waals surface area contributed by atoms with Crippen LogP contribution in [0.4, 0.5) is 0 Å². The number of hydrogen-bond acceptors (Lipinski definition) is 2. The van der Waals surface area contributed by atoms with Crippen LogP contribution < -0.4 is 5.73 Å². The zero-order chi connectivity index (χ0) is 15.2. The first kappa shape index (κ1) is 18.0. The third-order valence-corrected chi connectivity index (χ3v) is 5.35. The molecule has 0 amide bonds. The molecule has 2 atom stereocenters. The molecule has 0 radical (unpaired) electrons. The van der Waals surface area contributed by atoms with Gasteiger partial charge in [-0.25, -0.2) is 0 Å². The molecule has 0 spiro atoms. The van der Waals surface area contributed by atoms with Crippen molar-refractivity contribution in [3.8, 4) is 0 Å². The first-order chi connectivity index (χ1) is 9.46. The van der Waals surface area contributed by atoms with Gasteiger partial charge in [-0.05, 0) is 56.5 Å². The van der Waals surface area contributed by atoms with Crippen molar-refractivity contribution in [1.82, 2.24) is 4.90 Å². The third kappa shape index (κ3) is 4.46. The van der Waals surface area contributed by atoms with Crippen molar-refractivity contribution >= 4 is 0 Å². The zero-order valence-corrected chi connectivity index (χ0v) is 14.6. The normalized spacial score (nSPS) is 27.1. The van der Waals surface area contributed by atoms with E-state index in [0.29, 0.717) is 5.54 Å². The second-order valence-electron chi connectivity index (χ2n) is 7.66. The number of nitrogens with zero attached hydrogens (tertiary/aromatic N) is 1. The van der Waals surface area contributed by atoms with Gasteiger partial charge in [-0.2, -0.15) is 0 Å². The highest BCUT2D eigenvalue weighted by Gasteiger charge is 2.44. The maximum Gasteiger partial charge on any atom is 0.0359 e. The minimum atomic E-state index is 0.304. The minimum absolute atomic E-state index is 0.304. The van der Waals surface area contributed by atoms with E-state index in [4.69, 9.17) is 5.73 Å². The summed E-state index contributed by atoms with van der Waals surface area (Å²) in [4.78, 5) is 2.79. The first-order valence-corrected chi connectivity index (χ1v) is 8.91. The topological polar surface area (TPSA) is 29.3 Å². The highest BCUT2D eigenvalue weighted by Crippen LogP contribution is 2.42. The Kier molecular flexibility index (Phi) is 7.53. The van der Waals surface area contributed by atoms with E-state index in [-0.39, 0.29) is 0 Å². The maximum atomic E-state index is 6.31. The second kappa shape index (κ2) is 8.38. The lowest BCUT2D eigenvalue weighted by atomic mass is 9.82. The Bertz CT molecular complexity index is 250. The Balaban J connectivity index is 2.81. The molecule has 1 saturated carbocycles. The molecule has 20 heavy (non-hydrogen) atoms. The number of nitrogens with two attached hydrogens (primary N) is 1. The van der Waals surface area contributed by atoms with E-state index >= 15 is 0 Å². The van der Waals surface area contributed by atoms with Gasteiger partial charge in [0, 0.05) is 12.1 Å². The van der Waals surface area contributed by atoms with E-state index in [1.807, 2.05) is 0 Å². The van der Waals surface area contributed by atoms with Crippen LogP contribution in [0.25, 0.3) is 0 Å². The predicted molar refractivity (Wildman–Crippen MR) is 89.9 cm³/mol. The summed E-state index contributed by atoms with van der Waals surface area (Å²) in [6.07, 6.45) is 7.96. The summed E-state index contributed by atoms with van der Waals surface area (Å²) in [7, 11) is 0. The van der Waals surface area contributed by atoms with Crippen LogP contribution >= 0.6 is 0 Å². The number of hydrogen-bond donors (Lipinski definition) is 1. The lowest BCUT2D eigenvalue weighted by molar-refractivity contribution is 0.0470.